The van der Waals surface area contributed by atoms with Crippen LogP contribution in [-0.2, 0) is 4.79 Å². The van der Waals surface area contributed by atoms with Crippen LogP contribution < -0.4 is 10.1 Å². The zero-order chi connectivity index (χ0) is 15.2. The molecular formula is C16H16N2O3. The second-order valence-electron chi connectivity index (χ2n) is 4.66. The second kappa shape index (κ2) is 6.62. The van der Waals surface area contributed by atoms with Gasteiger partial charge in [0.1, 0.15) is 17.3 Å². The van der Waals surface area contributed by atoms with E-state index in [1.165, 1.54) is 0 Å². The number of benzene rings is 1. The topological polar surface area (TPSA) is 75.3 Å². The van der Waals surface area contributed by atoms with Gasteiger partial charge in [0.2, 0.25) is 0 Å². The van der Waals surface area contributed by atoms with Gasteiger partial charge in [0.25, 0.3) is 5.91 Å². The summed E-state index contributed by atoms with van der Waals surface area (Å²) in [6, 6.07) is 12.1. The third-order valence-electron chi connectivity index (χ3n) is 2.92. The number of aryl methyl sites for hydroxylation is 1. The van der Waals surface area contributed by atoms with E-state index in [-0.39, 0.29) is 18.6 Å². The minimum atomic E-state index is -0.235. The van der Waals surface area contributed by atoms with Gasteiger partial charge in [0.05, 0.1) is 17.7 Å². The molecule has 108 valence electrons. The highest BCUT2D eigenvalue weighted by Crippen LogP contribution is 2.15. The summed E-state index contributed by atoms with van der Waals surface area (Å²) < 4.78 is 10.8. The smallest absolute Gasteiger partial charge is 0.258 e. The van der Waals surface area contributed by atoms with E-state index < -0.39 is 0 Å². The SMILES string of the molecule is Cc1ccc(C(C)NC(=O)COc2ccc(C#N)cc2)o1. The van der Waals surface area contributed by atoms with E-state index in [1.54, 1.807) is 24.3 Å². The number of ether oxygens (including phenoxy) is 1. The monoisotopic (exact) mass is 284 g/mol. The number of hydrogen-bond donors (Lipinski definition) is 1. The molecule has 1 atom stereocenters. The van der Waals surface area contributed by atoms with E-state index >= 15 is 0 Å². The van der Waals surface area contributed by atoms with Gasteiger partial charge in [-0.1, -0.05) is 0 Å². The zero-order valence-corrected chi connectivity index (χ0v) is 11.9. The minimum absolute atomic E-state index is 0.0874. The molecule has 0 aliphatic rings. The van der Waals surface area contributed by atoms with Gasteiger partial charge in [-0.25, -0.2) is 0 Å². The number of nitriles is 1. The van der Waals surface area contributed by atoms with Crippen molar-refractivity contribution in [1.29, 1.82) is 5.26 Å². The van der Waals surface area contributed by atoms with E-state index in [0.29, 0.717) is 17.1 Å². The fourth-order valence-corrected chi connectivity index (χ4v) is 1.82. The molecule has 0 fully saturated rings. The molecule has 0 radical (unpaired) electrons. The fraction of sp³-hybridized carbons (Fsp3) is 0.250. The predicted molar refractivity (Wildman–Crippen MR) is 76.7 cm³/mol. The fourth-order valence-electron chi connectivity index (χ4n) is 1.82. The van der Waals surface area contributed by atoms with Gasteiger partial charge in [-0.05, 0) is 50.2 Å². The summed E-state index contributed by atoms with van der Waals surface area (Å²) in [5, 5.41) is 11.5. The van der Waals surface area contributed by atoms with Crippen LogP contribution in [-0.4, -0.2) is 12.5 Å². The average Bonchev–Trinajstić information content (AvgIpc) is 2.92. The van der Waals surface area contributed by atoms with E-state index in [0.717, 1.165) is 5.76 Å². The predicted octanol–water partition coefficient (Wildman–Crippen LogP) is 2.72. The van der Waals surface area contributed by atoms with Crippen molar-refractivity contribution in [1.82, 2.24) is 5.32 Å². The molecule has 0 saturated carbocycles. The number of carbonyl (C=O) groups is 1. The first-order valence-electron chi connectivity index (χ1n) is 6.57. The highest BCUT2D eigenvalue weighted by Gasteiger charge is 2.13. The number of carbonyl (C=O) groups excluding carboxylic acids is 1. The van der Waals surface area contributed by atoms with Crippen molar-refractivity contribution in [2.75, 3.05) is 6.61 Å². The van der Waals surface area contributed by atoms with Crippen molar-refractivity contribution in [3.63, 3.8) is 0 Å². The maximum atomic E-state index is 11.8. The number of amides is 1. The molecule has 0 aliphatic carbocycles. The second-order valence-corrected chi connectivity index (χ2v) is 4.66. The quantitative estimate of drug-likeness (QED) is 0.916. The zero-order valence-electron chi connectivity index (χ0n) is 11.9. The van der Waals surface area contributed by atoms with Crippen molar-refractivity contribution < 1.29 is 13.9 Å². The van der Waals surface area contributed by atoms with E-state index in [4.69, 9.17) is 14.4 Å². The van der Waals surface area contributed by atoms with Gasteiger partial charge in [-0.3, -0.25) is 4.79 Å². The van der Waals surface area contributed by atoms with Gasteiger partial charge in [-0.2, -0.15) is 5.26 Å². The third-order valence-corrected chi connectivity index (χ3v) is 2.92. The molecule has 1 aromatic heterocycles. The van der Waals surface area contributed by atoms with E-state index in [1.807, 2.05) is 32.0 Å². The first kappa shape index (κ1) is 14.7. The van der Waals surface area contributed by atoms with Crippen molar-refractivity contribution in [3.8, 4) is 11.8 Å². The van der Waals surface area contributed by atoms with Crippen LogP contribution in [0.4, 0.5) is 0 Å². The Balaban J connectivity index is 1.83. The molecule has 0 saturated heterocycles. The maximum Gasteiger partial charge on any atom is 0.258 e. The first-order valence-corrected chi connectivity index (χ1v) is 6.57. The summed E-state index contributed by atoms with van der Waals surface area (Å²) in [5.74, 6) is 1.82. The molecule has 21 heavy (non-hydrogen) atoms. The molecule has 2 aromatic rings. The lowest BCUT2D eigenvalue weighted by Gasteiger charge is -2.12. The minimum Gasteiger partial charge on any atom is -0.484 e. The van der Waals surface area contributed by atoms with Crippen LogP contribution in [0.1, 0.15) is 30.0 Å². The van der Waals surface area contributed by atoms with Gasteiger partial charge in [0, 0.05) is 0 Å². The van der Waals surface area contributed by atoms with Crippen LogP contribution in [0.15, 0.2) is 40.8 Å². The summed E-state index contributed by atoms with van der Waals surface area (Å²) in [4.78, 5) is 11.8. The number of rotatable bonds is 5. The van der Waals surface area contributed by atoms with Gasteiger partial charge < -0.3 is 14.5 Å². The van der Waals surface area contributed by atoms with E-state index in [2.05, 4.69) is 5.32 Å². The molecule has 0 spiro atoms. The maximum absolute atomic E-state index is 11.8. The first-order chi connectivity index (χ1) is 10.1. The lowest BCUT2D eigenvalue weighted by molar-refractivity contribution is -0.123. The van der Waals surface area contributed by atoms with Crippen LogP contribution in [0.25, 0.3) is 0 Å². The Morgan fingerprint density at radius 2 is 2.05 bits per heavy atom. The Labute approximate surface area is 123 Å². The van der Waals surface area contributed by atoms with Gasteiger partial charge in [-0.15, -0.1) is 0 Å². The average molecular weight is 284 g/mol. The Morgan fingerprint density at radius 3 is 2.62 bits per heavy atom. The number of nitrogens with zero attached hydrogens (tertiary/aromatic N) is 1. The Morgan fingerprint density at radius 1 is 1.33 bits per heavy atom. The van der Waals surface area contributed by atoms with Crippen LogP contribution >= 0.6 is 0 Å². The third kappa shape index (κ3) is 4.11. The summed E-state index contributed by atoms with van der Waals surface area (Å²) in [6.07, 6.45) is 0. The normalized spacial score (nSPS) is 11.5. The lowest BCUT2D eigenvalue weighted by atomic mass is 10.2. The van der Waals surface area contributed by atoms with Gasteiger partial charge in [0.15, 0.2) is 6.61 Å². The van der Waals surface area contributed by atoms with Gasteiger partial charge >= 0.3 is 0 Å². The molecule has 5 heteroatoms. The molecule has 1 heterocycles. The molecule has 1 aromatic carbocycles. The highest BCUT2D eigenvalue weighted by atomic mass is 16.5. The summed E-state index contributed by atoms with van der Waals surface area (Å²) in [6.45, 7) is 3.61. The molecule has 5 nitrogen and oxygen atoms in total. The molecular weight excluding hydrogens is 268 g/mol. The Hall–Kier alpha value is -2.74. The van der Waals surface area contributed by atoms with Crippen LogP contribution in [0.5, 0.6) is 5.75 Å². The van der Waals surface area contributed by atoms with E-state index in [9.17, 15) is 4.79 Å². The summed E-state index contributed by atoms with van der Waals surface area (Å²) in [5.41, 5.74) is 0.550. The van der Waals surface area contributed by atoms with Crippen molar-refractivity contribution in [3.05, 3.63) is 53.5 Å². The molecule has 0 aliphatic heterocycles. The molecule has 1 unspecified atom stereocenters. The number of nitrogens with one attached hydrogen (secondary N) is 1. The van der Waals surface area contributed by atoms with Crippen LogP contribution in [0.3, 0.4) is 0 Å². The summed E-state index contributed by atoms with van der Waals surface area (Å²) in [7, 11) is 0. The van der Waals surface area contributed by atoms with Crippen LogP contribution in [0, 0.1) is 18.3 Å². The molecule has 1 amide bonds. The number of hydrogen-bond acceptors (Lipinski definition) is 4. The number of furan rings is 1. The standard InChI is InChI=1S/C16H16N2O3/c1-11-3-8-15(21-11)12(2)18-16(19)10-20-14-6-4-13(9-17)5-7-14/h3-8,12H,10H2,1-2H3,(H,18,19). The van der Waals surface area contributed by atoms with Crippen molar-refractivity contribution in [2.24, 2.45) is 0 Å². The Bertz CT molecular complexity index is 653. The molecule has 1 N–H and O–H groups in total. The largest absolute Gasteiger partial charge is 0.484 e. The molecule has 2 rings (SSSR count). The Kier molecular flexibility index (Phi) is 4.62. The van der Waals surface area contributed by atoms with Crippen LogP contribution in [0.2, 0.25) is 0 Å². The van der Waals surface area contributed by atoms with Crippen molar-refractivity contribution in [2.45, 2.75) is 19.9 Å². The van der Waals surface area contributed by atoms with Crippen molar-refractivity contribution >= 4 is 5.91 Å². The summed E-state index contributed by atoms with van der Waals surface area (Å²) >= 11 is 0. The molecule has 0 bridgehead atoms. The highest BCUT2D eigenvalue weighted by molar-refractivity contribution is 5.77. The lowest BCUT2D eigenvalue weighted by Crippen LogP contribution is -2.31.